The Balaban J connectivity index is 4.28. The molecule has 0 aliphatic carbocycles. The van der Waals surface area contributed by atoms with E-state index >= 15 is 0 Å². The number of rotatable bonds is 7. The number of nitrogens with one attached hydrogen (secondary N) is 1. The fourth-order valence-corrected chi connectivity index (χ4v) is 1.50. The topological polar surface area (TPSA) is 55.4 Å². The van der Waals surface area contributed by atoms with Crippen LogP contribution in [0.25, 0.3) is 0 Å². The summed E-state index contributed by atoms with van der Waals surface area (Å²) in [7, 11) is 0. The first-order valence-electron chi connectivity index (χ1n) is 7.75. The van der Waals surface area contributed by atoms with Gasteiger partial charge in [0.05, 0.1) is 5.60 Å². The van der Waals surface area contributed by atoms with Gasteiger partial charge in [0, 0.05) is 18.4 Å². The Hall–Kier alpha value is -0.970. The summed E-state index contributed by atoms with van der Waals surface area (Å²) in [6.45, 7) is 14.8. The van der Waals surface area contributed by atoms with Crippen molar-refractivity contribution in [2.45, 2.75) is 73.6 Å². The molecule has 22 heavy (non-hydrogen) atoms. The van der Waals surface area contributed by atoms with Crippen molar-refractivity contribution in [1.29, 1.82) is 0 Å². The molecule has 0 unspecified atom stereocenters. The zero-order valence-corrected chi connectivity index (χ0v) is 15.3. The second-order valence-electron chi connectivity index (χ2n) is 8.30. The van der Waals surface area contributed by atoms with Crippen LogP contribution in [0.1, 0.15) is 61.8 Å². The van der Waals surface area contributed by atoms with Crippen LogP contribution in [-0.2, 0) is 14.3 Å². The van der Waals surface area contributed by atoms with Crippen molar-refractivity contribution < 1.29 is 18.7 Å². The van der Waals surface area contributed by atoms with Gasteiger partial charge in [-0.2, -0.15) is 0 Å². The summed E-state index contributed by atoms with van der Waals surface area (Å²) in [4.78, 5) is 23.8. The molecule has 0 saturated carbocycles. The van der Waals surface area contributed by atoms with Crippen molar-refractivity contribution in [3.8, 4) is 0 Å². The third kappa shape index (κ3) is 7.34. The summed E-state index contributed by atoms with van der Waals surface area (Å²) in [6, 6.07) is 0. The Morgan fingerprint density at radius 1 is 1.05 bits per heavy atom. The zero-order chi connectivity index (χ0) is 17.8. The number of ketones is 1. The van der Waals surface area contributed by atoms with Gasteiger partial charge in [0.2, 0.25) is 5.91 Å². The van der Waals surface area contributed by atoms with Crippen LogP contribution in [0.5, 0.6) is 0 Å². The van der Waals surface area contributed by atoms with E-state index in [1.807, 2.05) is 55.4 Å². The zero-order valence-electron chi connectivity index (χ0n) is 15.3. The molecule has 0 aliphatic heterocycles. The predicted molar refractivity (Wildman–Crippen MR) is 86.5 cm³/mol. The first kappa shape index (κ1) is 21.0. The lowest BCUT2D eigenvalue weighted by Crippen LogP contribution is -2.41. The molecule has 0 spiro atoms. The smallest absolute Gasteiger partial charge is 0.246 e. The molecule has 1 atom stereocenters. The maximum absolute atomic E-state index is 13.9. The minimum Gasteiger partial charge on any atom is -0.366 e. The van der Waals surface area contributed by atoms with E-state index in [0.717, 1.165) is 0 Å². The van der Waals surface area contributed by atoms with Crippen LogP contribution >= 0.6 is 0 Å². The van der Waals surface area contributed by atoms with Gasteiger partial charge < -0.3 is 10.1 Å². The quantitative estimate of drug-likeness (QED) is 0.784. The van der Waals surface area contributed by atoms with Gasteiger partial charge in [-0.25, -0.2) is 4.39 Å². The molecule has 0 bridgehead atoms. The molecule has 1 N–H and O–H groups in total. The van der Waals surface area contributed by atoms with Crippen molar-refractivity contribution in [3.63, 3.8) is 0 Å². The number of carbonyl (C=O) groups is 2. The normalized spacial score (nSPS) is 14.6. The van der Waals surface area contributed by atoms with Crippen molar-refractivity contribution in [1.82, 2.24) is 5.32 Å². The highest BCUT2D eigenvalue weighted by Gasteiger charge is 2.39. The standard InChI is InChI=1S/C17H32FNO3/c1-15(2,3)17(7,8)13(20)9-12(18)10-19-14(21)11-22-16(4,5)6/h12H,9-11H2,1-8H3,(H,19,21)/t12-/m1/s1. The number of ether oxygens (including phenoxy) is 1. The average molecular weight is 317 g/mol. The molecule has 0 rings (SSSR count). The number of hydrogen-bond acceptors (Lipinski definition) is 3. The highest BCUT2D eigenvalue weighted by molar-refractivity contribution is 5.85. The molecule has 1 amide bonds. The van der Waals surface area contributed by atoms with E-state index in [4.69, 9.17) is 4.74 Å². The third-order valence-electron chi connectivity index (χ3n) is 4.14. The van der Waals surface area contributed by atoms with Gasteiger partial charge in [0.25, 0.3) is 0 Å². The van der Waals surface area contributed by atoms with E-state index in [-0.39, 0.29) is 36.7 Å². The van der Waals surface area contributed by atoms with Crippen molar-refractivity contribution in [2.75, 3.05) is 13.2 Å². The van der Waals surface area contributed by atoms with Crippen molar-refractivity contribution >= 4 is 11.7 Å². The maximum Gasteiger partial charge on any atom is 0.246 e. The lowest BCUT2D eigenvalue weighted by atomic mass is 9.66. The van der Waals surface area contributed by atoms with E-state index in [1.54, 1.807) is 0 Å². The van der Waals surface area contributed by atoms with Crippen LogP contribution in [0, 0.1) is 10.8 Å². The lowest BCUT2D eigenvalue weighted by molar-refractivity contribution is -0.134. The van der Waals surface area contributed by atoms with Gasteiger partial charge in [-0.1, -0.05) is 34.6 Å². The number of alkyl halides is 1. The minimum atomic E-state index is -1.38. The van der Waals surface area contributed by atoms with Crippen LogP contribution in [0.2, 0.25) is 0 Å². The molecule has 0 aliphatic rings. The fraction of sp³-hybridized carbons (Fsp3) is 0.882. The van der Waals surface area contributed by atoms with Gasteiger partial charge in [-0.15, -0.1) is 0 Å². The Bertz CT molecular complexity index is 392. The molecule has 0 aromatic rings. The van der Waals surface area contributed by atoms with Crippen LogP contribution in [-0.4, -0.2) is 36.6 Å². The van der Waals surface area contributed by atoms with E-state index in [1.165, 1.54) is 0 Å². The van der Waals surface area contributed by atoms with Gasteiger partial charge in [-0.05, 0) is 26.2 Å². The first-order valence-corrected chi connectivity index (χ1v) is 7.75. The van der Waals surface area contributed by atoms with Crippen LogP contribution in [0.3, 0.4) is 0 Å². The minimum absolute atomic E-state index is 0.113. The summed E-state index contributed by atoms with van der Waals surface area (Å²) in [6.07, 6.45) is -1.57. The van der Waals surface area contributed by atoms with E-state index in [9.17, 15) is 14.0 Å². The highest BCUT2D eigenvalue weighted by atomic mass is 19.1. The molecule has 0 heterocycles. The molecule has 0 saturated heterocycles. The number of carbonyl (C=O) groups excluding carboxylic acids is 2. The number of halogens is 1. The largest absolute Gasteiger partial charge is 0.366 e. The van der Waals surface area contributed by atoms with Crippen molar-refractivity contribution in [2.24, 2.45) is 10.8 Å². The van der Waals surface area contributed by atoms with Crippen LogP contribution in [0.4, 0.5) is 4.39 Å². The fourth-order valence-electron chi connectivity index (χ4n) is 1.50. The molecule has 0 radical (unpaired) electrons. The molecule has 0 aromatic heterocycles. The lowest BCUT2D eigenvalue weighted by Gasteiger charge is -2.37. The summed E-state index contributed by atoms with van der Waals surface area (Å²) in [5, 5.41) is 2.46. The Morgan fingerprint density at radius 3 is 1.95 bits per heavy atom. The summed E-state index contributed by atoms with van der Waals surface area (Å²) < 4.78 is 19.2. The predicted octanol–water partition coefficient (Wildman–Crippen LogP) is 3.29. The van der Waals surface area contributed by atoms with E-state index in [2.05, 4.69) is 5.32 Å². The Kier molecular flexibility index (Phi) is 7.20. The number of hydrogen-bond donors (Lipinski definition) is 1. The SMILES string of the molecule is CC(C)(C)OCC(=O)NC[C@H](F)CC(=O)C(C)(C)C(C)(C)C. The van der Waals surface area contributed by atoms with Gasteiger partial charge in [-0.3, -0.25) is 9.59 Å². The monoisotopic (exact) mass is 317 g/mol. The second kappa shape index (κ2) is 7.53. The summed E-state index contributed by atoms with van der Waals surface area (Å²) >= 11 is 0. The summed E-state index contributed by atoms with van der Waals surface area (Å²) in [5.74, 6) is -0.507. The average Bonchev–Trinajstić information content (AvgIpc) is 2.31. The second-order valence-corrected chi connectivity index (χ2v) is 8.30. The first-order chi connectivity index (χ1) is 9.67. The van der Waals surface area contributed by atoms with Crippen molar-refractivity contribution in [3.05, 3.63) is 0 Å². The van der Waals surface area contributed by atoms with Gasteiger partial charge >= 0.3 is 0 Å². The molecular formula is C17H32FNO3. The molecule has 130 valence electrons. The number of Topliss-reactive ketones (excluding diaryl/α,β-unsaturated/α-hetero) is 1. The maximum atomic E-state index is 13.9. The molecule has 0 aromatic carbocycles. The van der Waals surface area contributed by atoms with Crippen LogP contribution < -0.4 is 5.32 Å². The molecule has 0 fully saturated rings. The Labute approximate surface area is 134 Å². The Morgan fingerprint density at radius 2 is 1.55 bits per heavy atom. The molecule has 5 heteroatoms. The third-order valence-corrected chi connectivity index (χ3v) is 4.14. The highest BCUT2D eigenvalue weighted by Crippen LogP contribution is 2.39. The number of amides is 1. The van der Waals surface area contributed by atoms with Gasteiger partial charge in [0.15, 0.2) is 0 Å². The summed E-state index contributed by atoms with van der Waals surface area (Å²) in [5.41, 5.74) is -1.27. The molecular weight excluding hydrogens is 285 g/mol. The van der Waals surface area contributed by atoms with E-state index < -0.39 is 17.2 Å². The van der Waals surface area contributed by atoms with Gasteiger partial charge in [0.1, 0.15) is 18.6 Å². The van der Waals surface area contributed by atoms with E-state index in [0.29, 0.717) is 0 Å². The van der Waals surface area contributed by atoms with Crippen LogP contribution in [0.15, 0.2) is 0 Å². The molecule has 4 nitrogen and oxygen atoms in total.